The third-order valence-corrected chi connectivity index (χ3v) is 4.71. The van der Waals surface area contributed by atoms with Crippen molar-refractivity contribution in [1.29, 1.82) is 0 Å². The topological polar surface area (TPSA) is 118 Å². The fourth-order valence-electron chi connectivity index (χ4n) is 2.80. The van der Waals surface area contributed by atoms with Gasteiger partial charge in [0.15, 0.2) is 11.4 Å². The number of fused-ring (bicyclic) bond motifs is 1. The Hall–Kier alpha value is -3.36. The number of hydrogen-bond donors (Lipinski definition) is 3. The van der Waals surface area contributed by atoms with E-state index in [1.165, 1.54) is 12.4 Å². The number of carbonyl (C=O) groups is 1. The van der Waals surface area contributed by atoms with E-state index in [0.717, 1.165) is 17.7 Å². The number of likely N-dealkylation sites (N-methyl/N-ethyl adjacent to an activating group) is 1. The zero-order valence-electron chi connectivity index (χ0n) is 16.4. The van der Waals surface area contributed by atoms with Crippen molar-refractivity contribution in [3.8, 4) is 11.4 Å². The highest BCUT2D eigenvalue weighted by atomic mass is 35.5. The molecule has 156 valence electrons. The molecule has 0 radical (unpaired) electrons. The zero-order valence-corrected chi connectivity index (χ0v) is 17.2. The van der Waals surface area contributed by atoms with Crippen molar-refractivity contribution in [3.63, 3.8) is 0 Å². The van der Waals surface area contributed by atoms with Crippen LogP contribution >= 0.6 is 11.6 Å². The maximum absolute atomic E-state index is 11.0. The molecule has 0 atom stereocenters. The van der Waals surface area contributed by atoms with E-state index in [0.29, 0.717) is 40.9 Å². The quantitative estimate of drug-likeness (QED) is 0.352. The van der Waals surface area contributed by atoms with Gasteiger partial charge in [-0.2, -0.15) is 0 Å². The van der Waals surface area contributed by atoms with Gasteiger partial charge in [0.05, 0.1) is 23.0 Å². The van der Waals surface area contributed by atoms with E-state index in [4.69, 9.17) is 26.9 Å². The number of rotatable bonds is 9. The van der Waals surface area contributed by atoms with Crippen LogP contribution in [0.15, 0.2) is 59.6 Å². The van der Waals surface area contributed by atoms with Crippen molar-refractivity contribution in [1.82, 2.24) is 20.2 Å². The Morgan fingerprint density at radius 3 is 2.77 bits per heavy atom. The molecule has 0 spiro atoms. The molecule has 0 unspecified atom stereocenters. The van der Waals surface area contributed by atoms with Gasteiger partial charge in [-0.15, -0.1) is 0 Å². The molecule has 2 aromatic heterocycles. The number of furan rings is 1. The molecule has 0 saturated heterocycles. The number of benzene rings is 1. The van der Waals surface area contributed by atoms with Crippen LogP contribution in [0.5, 0.6) is 0 Å². The summed E-state index contributed by atoms with van der Waals surface area (Å²) < 4.78 is 5.86. The summed E-state index contributed by atoms with van der Waals surface area (Å²) in [5.41, 5.74) is 7.17. The van der Waals surface area contributed by atoms with E-state index >= 15 is 0 Å². The minimum atomic E-state index is -1.08. The molecule has 0 amide bonds. The summed E-state index contributed by atoms with van der Waals surface area (Å²) in [6.07, 6.45) is 5.93. The summed E-state index contributed by atoms with van der Waals surface area (Å²) in [7, 11) is 1.91. The minimum Gasteiger partial charge on any atom is -0.478 e. The normalized spacial score (nSPS) is 11.6. The number of aromatic carboxylic acids is 1. The summed E-state index contributed by atoms with van der Waals surface area (Å²) >= 11 is 6.38. The van der Waals surface area contributed by atoms with Gasteiger partial charge in [0, 0.05) is 43.5 Å². The van der Waals surface area contributed by atoms with Gasteiger partial charge in [-0.25, -0.2) is 14.8 Å². The molecule has 4 N–H and O–H groups in total. The molecule has 30 heavy (non-hydrogen) atoms. The Morgan fingerprint density at radius 1 is 1.37 bits per heavy atom. The summed E-state index contributed by atoms with van der Waals surface area (Å²) in [5, 5.41) is 13.5. The first-order chi connectivity index (χ1) is 14.4. The van der Waals surface area contributed by atoms with Gasteiger partial charge in [0.1, 0.15) is 5.76 Å². The number of allylic oxidation sites excluding steroid dienone is 2. The van der Waals surface area contributed by atoms with Gasteiger partial charge in [0.25, 0.3) is 0 Å². The van der Waals surface area contributed by atoms with Crippen LogP contribution < -0.4 is 11.1 Å². The first-order valence-electron chi connectivity index (χ1n) is 9.16. The number of carboxylic acid groups (broad SMARTS) is 1. The van der Waals surface area contributed by atoms with Gasteiger partial charge < -0.3 is 25.5 Å². The predicted molar refractivity (Wildman–Crippen MR) is 116 cm³/mol. The predicted octanol–water partition coefficient (Wildman–Crippen LogP) is 3.25. The maximum Gasteiger partial charge on any atom is 0.338 e. The van der Waals surface area contributed by atoms with Crippen LogP contribution in [0.3, 0.4) is 0 Å². The number of nitrogens with zero attached hydrogens (tertiary/aromatic N) is 3. The molecule has 1 aromatic carbocycles. The Labute approximate surface area is 178 Å². The molecular weight excluding hydrogens is 406 g/mol. The van der Waals surface area contributed by atoms with Crippen LogP contribution in [0.2, 0.25) is 5.02 Å². The van der Waals surface area contributed by atoms with E-state index in [2.05, 4.69) is 21.9 Å². The molecule has 3 rings (SSSR count). The molecule has 0 bridgehead atoms. The zero-order chi connectivity index (χ0) is 21.7. The fourth-order valence-corrected chi connectivity index (χ4v) is 3.07. The molecule has 0 aliphatic carbocycles. The average Bonchev–Trinajstić information content (AvgIpc) is 3.15. The smallest absolute Gasteiger partial charge is 0.338 e. The van der Waals surface area contributed by atoms with E-state index in [9.17, 15) is 4.79 Å². The van der Waals surface area contributed by atoms with Crippen LogP contribution in [0.25, 0.3) is 22.4 Å². The van der Waals surface area contributed by atoms with Crippen LogP contribution in [0, 0.1) is 0 Å². The summed E-state index contributed by atoms with van der Waals surface area (Å²) in [5.74, 6) is 0.697. The Morgan fingerprint density at radius 2 is 2.10 bits per heavy atom. The van der Waals surface area contributed by atoms with Crippen molar-refractivity contribution < 1.29 is 14.3 Å². The number of nitrogens with two attached hydrogens (primary N) is 1. The first-order valence-corrected chi connectivity index (χ1v) is 9.54. The summed E-state index contributed by atoms with van der Waals surface area (Å²) in [4.78, 5) is 21.1. The van der Waals surface area contributed by atoms with Crippen LogP contribution in [-0.4, -0.2) is 46.1 Å². The minimum absolute atomic E-state index is 0.0231. The molecule has 0 saturated carbocycles. The summed E-state index contributed by atoms with van der Waals surface area (Å²) in [6, 6.07) is 5.46. The van der Waals surface area contributed by atoms with Gasteiger partial charge in [-0.1, -0.05) is 24.3 Å². The second-order valence-corrected chi connectivity index (χ2v) is 7.02. The number of halogens is 1. The number of carboxylic acids is 1. The van der Waals surface area contributed by atoms with Crippen molar-refractivity contribution >= 4 is 28.5 Å². The third-order valence-electron chi connectivity index (χ3n) is 4.43. The second kappa shape index (κ2) is 9.43. The lowest BCUT2D eigenvalue weighted by Crippen LogP contribution is -2.31. The number of hydrogen-bond acceptors (Lipinski definition) is 7. The molecule has 0 aliphatic heterocycles. The van der Waals surface area contributed by atoms with Gasteiger partial charge in [-0.3, -0.25) is 0 Å². The van der Waals surface area contributed by atoms with E-state index in [1.54, 1.807) is 18.2 Å². The Bertz CT molecular complexity index is 1090. The van der Waals surface area contributed by atoms with Gasteiger partial charge in [-0.05, 0) is 24.3 Å². The number of aromatic nitrogens is 2. The average molecular weight is 428 g/mol. The molecule has 0 fully saturated rings. The Kier molecular flexibility index (Phi) is 6.71. The first kappa shape index (κ1) is 21.4. The third kappa shape index (κ3) is 4.97. The van der Waals surface area contributed by atoms with E-state index in [1.807, 2.05) is 24.1 Å². The lowest BCUT2D eigenvalue weighted by molar-refractivity contribution is 0.0696. The molecule has 9 heteroatoms. The standard InChI is InChI=1S/C21H22ClN5O3/c1-3-4-18(23)27(2)6-5-24-12-16-8-13-7-14(9-17(22)19(13)30-16)20-25-10-15(11-26-20)21(28)29/h3-4,7-11,24H,1,5-6,12,23H2,2H3,(H,28,29)/b18-4-. The molecule has 2 heterocycles. The highest BCUT2D eigenvalue weighted by molar-refractivity contribution is 6.35. The highest BCUT2D eigenvalue weighted by Crippen LogP contribution is 2.31. The molecule has 0 aliphatic rings. The lowest BCUT2D eigenvalue weighted by atomic mass is 10.1. The van der Waals surface area contributed by atoms with Crippen molar-refractivity contribution in [2.45, 2.75) is 6.54 Å². The maximum atomic E-state index is 11.0. The van der Waals surface area contributed by atoms with Crippen molar-refractivity contribution in [2.75, 3.05) is 20.1 Å². The van der Waals surface area contributed by atoms with Crippen molar-refractivity contribution in [2.24, 2.45) is 5.73 Å². The van der Waals surface area contributed by atoms with Gasteiger partial charge in [0.2, 0.25) is 0 Å². The van der Waals surface area contributed by atoms with Gasteiger partial charge >= 0.3 is 5.97 Å². The highest BCUT2D eigenvalue weighted by Gasteiger charge is 2.13. The molecule has 8 nitrogen and oxygen atoms in total. The second-order valence-electron chi connectivity index (χ2n) is 6.62. The fraction of sp³-hybridized carbons (Fsp3) is 0.190. The van der Waals surface area contributed by atoms with Crippen LogP contribution in [0.4, 0.5) is 0 Å². The van der Waals surface area contributed by atoms with Crippen LogP contribution in [0.1, 0.15) is 16.1 Å². The van der Waals surface area contributed by atoms with E-state index < -0.39 is 5.97 Å². The Balaban J connectivity index is 1.69. The summed E-state index contributed by atoms with van der Waals surface area (Å²) in [6.45, 7) is 5.60. The lowest BCUT2D eigenvalue weighted by Gasteiger charge is -2.18. The molecule has 3 aromatic rings. The van der Waals surface area contributed by atoms with E-state index in [-0.39, 0.29) is 5.56 Å². The number of nitrogens with one attached hydrogen (secondary N) is 1. The monoisotopic (exact) mass is 427 g/mol. The largest absolute Gasteiger partial charge is 0.478 e. The molecular formula is C21H22ClN5O3. The SMILES string of the molecule is C=C/C=C(/N)N(C)CCNCc1cc2cc(-c3ncc(C(=O)O)cn3)cc(Cl)c2o1. The van der Waals surface area contributed by atoms with Crippen molar-refractivity contribution in [3.05, 3.63) is 71.5 Å². The van der Waals surface area contributed by atoms with Crippen LogP contribution in [-0.2, 0) is 6.54 Å².